The Morgan fingerprint density at radius 1 is 1.29 bits per heavy atom. The lowest BCUT2D eigenvalue weighted by atomic mass is 10.00. The maximum Gasteiger partial charge on any atom is 0.405 e. The topological polar surface area (TPSA) is 105 Å². The predicted octanol–water partition coefficient (Wildman–Crippen LogP) is 2.38. The van der Waals surface area contributed by atoms with Gasteiger partial charge in [0.15, 0.2) is 0 Å². The molecular formula is C20H28N2O6. The van der Waals surface area contributed by atoms with Crippen molar-refractivity contribution >= 4 is 18.0 Å². The van der Waals surface area contributed by atoms with E-state index in [1.165, 1.54) is 4.90 Å². The second-order valence-electron chi connectivity index (χ2n) is 7.14. The second-order valence-corrected chi connectivity index (χ2v) is 7.14. The molecule has 28 heavy (non-hydrogen) atoms. The highest BCUT2D eigenvalue weighted by molar-refractivity contribution is 5.86. The Balaban J connectivity index is 2.23. The second kappa shape index (κ2) is 10.1. The molecular weight excluding hydrogens is 364 g/mol. The number of nitrogens with one attached hydrogen (secondary N) is 1. The first-order valence-corrected chi connectivity index (χ1v) is 9.48. The van der Waals surface area contributed by atoms with Crippen molar-refractivity contribution in [3.05, 3.63) is 35.9 Å². The summed E-state index contributed by atoms with van der Waals surface area (Å²) in [7, 11) is 0. The number of rotatable bonds is 8. The average Bonchev–Trinajstić information content (AvgIpc) is 3.02. The van der Waals surface area contributed by atoms with Gasteiger partial charge in [0, 0.05) is 6.42 Å². The molecule has 0 aliphatic carbocycles. The standard InChI is InChI=1S/C20H28N2O6/c1-4-8-16(23)28-19-15(11-14-9-6-5-7-10-14)22(12-27-19)18(24)17(13(2)3)21-20(25)26/h5-7,9-10,13,15,17,19,21H,4,8,11-12H2,1-3H3,(H,25,26)/t15-,17?,19-/m0/s1. The first-order valence-electron chi connectivity index (χ1n) is 9.48. The molecule has 8 heteroatoms. The number of amides is 2. The lowest BCUT2D eigenvalue weighted by Gasteiger charge is -2.30. The first kappa shape index (κ1) is 21.7. The summed E-state index contributed by atoms with van der Waals surface area (Å²) in [5, 5.41) is 11.4. The minimum Gasteiger partial charge on any atom is -0.465 e. The number of ether oxygens (including phenoxy) is 2. The van der Waals surface area contributed by atoms with Crippen LogP contribution in [0, 0.1) is 5.92 Å². The average molecular weight is 392 g/mol. The van der Waals surface area contributed by atoms with Crippen LogP contribution in [0.5, 0.6) is 0 Å². The van der Waals surface area contributed by atoms with Gasteiger partial charge in [-0.05, 0) is 24.3 Å². The summed E-state index contributed by atoms with van der Waals surface area (Å²) in [6.07, 6.45) is -0.816. The van der Waals surface area contributed by atoms with Crippen molar-refractivity contribution in [1.82, 2.24) is 10.2 Å². The fourth-order valence-corrected chi connectivity index (χ4v) is 3.13. The number of hydrogen-bond donors (Lipinski definition) is 2. The number of carboxylic acid groups (broad SMARTS) is 1. The van der Waals surface area contributed by atoms with Gasteiger partial charge in [0.1, 0.15) is 18.8 Å². The van der Waals surface area contributed by atoms with Gasteiger partial charge in [-0.25, -0.2) is 4.79 Å². The highest BCUT2D eigenvalue weighted by Crippen LogP contribution is 2.25. The molecule has 3 atom stereocenters. The Morgan fingerprint density at radius 3 is 2.54 bits per heavy atom. The van der Waals surface area contributed by atoms with Crippen LogP contribution in [-0.2, 0) is 25.5 Å². The molecule has 1 fully saturated rings. The van der Waals surface area contributed by atoms with Crippen molar-refractivity contribution in [2.45, 2.75) is 58.4 Å². The van der Waals surface area contributed by atoms with E-state index in [9.17, 15) is 14.4 Å². The van der Waals surface area contributed by atoms with E-state index in [0.717, 1.165) is 5.56 Å². The van der Waals surface area contributed by atoms with Crippen LogP contribution in [0.3, 0.4) is 0 Å². The van der Waals surface area contributed by atoms with Gasteiger partial charge in [-0.3, -0.25) is 9.59 Å². The summed E-state index contributed by atoms with van der Waals surface area (Å²) >= 11 is 0. The third kappa shape index (κ3) is 5.69. The maximum atomic E-state index is 13.1. The largest absolute Gasteiger partial charge is 0.465 e. The van der Waals surface area contributed by atoms with Gasteiger partial charge in [0.2, 0.25) is 12.2 Å². The number of nitrogens with zero attached hydrogens (tertiary/aromatic N) is 1. The Morgan fingerprint density at radius 2 is 1.96 bits per heavy atom. The summed E-state index contributed by atoms with van der Waals surface area (Å²) in [5.74, 6) is -1.03. The lowest BCUT2D eigenvalue weighted by molar-refractivity contribution is -0.171. The number of benzene rings is 1. The molecule has 2 rings (SSSR count). The molecule has 2 N–H and O–H groups in total. The van der Waals surface area contributed by atoms with Crippen LogP contribution in [0.2, 0.25) is 0 Å². The predicted molar refractivity (Wildman–Crippen MR) is 101 cm³/mol. The SMILES string of the molecule is CCCC(=O)O[C@@H]1OCN(C(=O)C(NC(=O)O)C(C)C)[C@H]1Cc1ccccc1. The summed E-state index contributed by atoms with van der Waals surface area (Å²) in [5.41, 5.74) is 0.958. The molecule has 1 unspecified atom stereocenters. The number of hydrogen-bond acceptors (Lipinski definition) is 5. The van der Waals surface area contributed by atoms with Crippen molar-refractivity contribution in [3.8, 4) is 0 Å². The van der Waals surface area contributed by atoms with Gasteiger partial charge in [-0.2, -0.15) is 0 Å². The minimum absolute atomic E-state index is 0.0646. The van der Waals surface area contributed by atoms with Crippen LogP contribution in [-0.4, -0.2) is 53.1 Å². The zero-order valence-electron chi connectivity index (χ0n) is 16.5. The Bertz CT molecular complexity index is 679. The summed E-state index contributed by atoms with van der Waals surface area (Å²) in [4.78, 5) is 37.6. The molecule has 0 bridgehead atoms. The Kier molecular flexibility index (Phi) is 7.80. The van der Waals surface area contributed by atoms with Crippen molar-refractivity contribution < 1.29 is 29.0 Å². The molecule has 1 saturated heterocycles. The van der Waals surface area contributed by atoms with Gasteiger partial charge in [-0.15, -0.1) is 0 Å². The van der Waals surface area contributed by atoms with Crippen molar-refractivity contribution in [2.75, 3.05) is 6.73 Å². The fraction of sp³-hybridized carbons (Fsp3) is 0.550. The quantitative estimate of drug-likeness (QED) is 0.658. The van der Waals surface area contributed by atoms with E-state index in [2.05, 4.69) is 5.32 Å². The number of carbonyl (C=O) groups excluding carboxylic acids is 2. The van der Waals surface area contributed by atoms with E-state index in [0.29, 0.717) is 12.8 Å². The third-order valence-electron chi connectivity index (χ3n) is 4.58. The van der Waals surface area contributed by atoms with E-state index in [-0.39, 0.29) is 25.0 Å². The molecule has 1 aliphatic rings. The van der Waals surface area contributed by atoms with Crippen LogP contribution in [0.25, 0.3) is 0 Å². The maximum absolute atomic E-state index is 13.1. The van der Waals surface area contributed by atoms with Crippen LogP contribution < -0.4 is 5.32 Å². The zero-order chi connectivity index (χ0) is 20.7. The molecule has 1 aromatic rings. The Hall–Kier alpha value is -2.61. The van der Waals surface area contributed by atoms with Gasteiger partial charge in [-0.1, -0.05) is 51.1 Å². The zero-order valence-corrected chi connectivity index (χ0v) is 16.5. The molecule has 0 saturated carbocycles. The van der Waals surface area contributed by atoms with Crippen LogP contribution in [0.1, 0.15) is 39.2 Å². The smallest absolute Gasteiger partial charge is 0.405 e. The molecule has 1 heterocycles. The van der Waals surface area contributed by atoms with Crippen molar-refractivity contribution in [3.63, 3.8) is 0 Å². The lowest BCUT2D eigenvalue weighted by Crippen LogP contribution is -2.53. The number of carbonyl (C=O) groups is 3. The summed E-state index contributed by atoms with van der Waals surface area (Å²) in [6.45, 7) is 5.34. The molecule has 0 radical (unpaired) electrons. The molecule has 1 aliphatic heterocycles. The van der Waals surface area contributed by atoms with Crippen LogP contribution in [0.15, 0.2) is 30.3 Å². The first-order chi connectivity index (χ1) is 13.3. The van der Waals surface area contributed by atoms with E-state index >= 15 is 0 Å². The van der Waals surface area contributed by atoms with Gasteiger partial charge in [0.05, 0.1) is 0 Å². The highest BCUT2D eigenvalue weighted by Gasteiger charge is 2.43. The molecule has 8 nitrogen and oxygen atoms in total. The third-order valence-corrected chi connectivity index (χ3v) is 4.58. The van der Waals surface area contributed by atoms with Gasteiger partial charge < -0.3 is 24.8 Å². The molecule has 0 spiro atoms. The van der Waals surface area contributed by atoms with E-state index in [1.54, 1.807) is 13.8 Å². The molecule has 2 amide bonds. The summed E-state index contributed by atoms with van der Waals surface area (Å²) in [6, 6.07) is 8.05. The summed E-state index contributed by atoms with van der Waals surface area (Å²) < 4.78 is 11.1. The molecule has 1 aromatic carbocycles. The van der Waals surface area contributed by atoms with Gasteiger partial charge >= 0.3 is 12.1 Å². The normalized spacial score (nSPS) is 20.1. The van der Waals surface area contributed by atoms with E-state index in [4.69, 9.17) is 14.6 Å². The van der Waals surface area contributed by atoms with Gasteiger partial charge in [0.25, 0.3) is 0 Å². The van der Waals surface area contributed by atoms with Crippen molar-refractivity contribution in [2.24, 2.45) is 5.92 Å². The fourth-order valence-electron chi connectivity index (χ4n) is 3.13. The Labute approximate surface area is 164 Å². The van der Waals surface area contributed by atoms with E-state index in [1.807, 2.05) is 37.3 Å². The van der Waals surface area contributed by atoms with E-state index < -0.39 is 30.4 Å². The van der Waals surface area contributed by atoms with Crippen LogP contribution in [0.4, 0.5) is 4.79 Å². The molecule has 0 aromatic heterocycles. The monoisotopic (exact) mass is 392 g/mol. The number of esters is 1. The molecule has 154 valence electrons. The van der Waals surface area contributed by atoms with Crippen LogP contribution >= 0.6 is 0 Å². The van der Waals surface area contributed by atoms with Crippen molar-refractivity contribution in [1.29, 1.82) is 0 Å². The minimum atomic E-state index is -1.27. The highest BCUT2D eigenvalue weighted by atomic mass is 16.7.